The van der Waals surface area contributed by atoms with Gasteiger partial charge in [0, 0.05) is 13.0 Å². The molecule has 1 atom stereocenters. The van der Waals surface area contributed by atoms with Gasteiger partial charge in [-0.3, -0.25) is 9.59 Å². The minimum absolute atomic E-state index is 0.0943. The lowest BCUT2D eigenvalue weighted by Crippen LogP contribution is -2.45. The Morgan fingerprint density at radius 3 is 2.57 bits per heavy atom. The normalized spacial score (nSPS) is 17.0. The highest BCUT2D eigenvalue weighted by molar-refractivity contribution is 6.03. The van der Waals surface area contributed by atoms with Gasteiger partial charge in [0.25, 0.3) is 0 Å². The Morgan fingerprint density at radius 1 is 1.33 bits per heavy atom. The van der Waals surface area contributed by atoms with E-state index in [0.29, 0.717) is 18.7 Å². The van der Waals surface area contributed by atoms with Gasteiger partial charge in [-0.05, 0) is 24.0 Å². The maximum Gasteiger partial charge on any atom is 0.241 e. The van der Waals surface area contributed by atoms with Crippen LogP contribution in [0.2, 0.25) is 0 Å². The number of hydrogen-bond acceptors (Lipinski definition) is 3. The summed E-state index contributed by atoms with van der Waals surface area (Å²) in [7, 11) is 0. The summed E-state index contributed by atoms with van der Waals surface area (Å²) >= 11 is 0. The molecule has 0 aliphatic carbocycles. The molecule has 1 aromatic rings. The zero-order valence-electron chi connectivity index (χ0n) is 12.8. The summed E-state index contributed by atoms with van der Waals surface area (Å²) in [5.41, 5.74) is 7.04. The Kier molecular flexibility index (Phi) is 4.32. The molecule has 21 heavy (non-hydrogen) atoms. The van der Waals surface area contributed by atoms with Gasteiger partial charge in [-0.1, -0.05) is 32.9 Å². The molecule has 1 aromatic carbocycles. The molecule has 0 unspecified atom stereocenters. The molecule has 5 nitrogen and oxygen atoms in total. The van der Waals surface area contributed by atoms with E-state index < -0.39 is 6.04 Å². The van der Waals surface area contributed by atoms with E-state index in [9.17, 15) is 9.59 Å². The summed E-state index contributed by atoms with van der Waals surface area (Å²) in [5, 5.41) is 2.86. The van der Waals surface area contributed by atoms with Gasteiger partial charge in [-0.2, -0.15) is 0 Å². The van der Waals surface area contributed by atoms with Gasteiger partial charge in [-0.25, -0.2) is 0 Å². The summed E-state index contributed by atoms with van der Waals surface area (Å²) in [5.74, 6) is -0.140. The van der Waals surface area contributed by atoms with Gasteiger partial charge < -0.3 is 16.0 Å². The van der Waals surface area contributed by atoms with Crippen molar-refractivity contribution in [3.63, 3.8) is 0 Å². The van der Waals surface area contributed by atoms with Gasteiger partial charge in [0.1, 0.15) is 0 Å². The first kappa shape index (κ1) is 15.5. The van der Waals surface area contributed by atoms with E-state index in [-0.39, 0.29) is 17.2 Å². The quantitative estimate of drug-likeness (QED) is 0.895. The van der Waals surface area contributed by atoms with Crippen molar-refractivity contribution >= 4 is 23.2 Å². The summed E-state index contributed by atoms with van der Waals surface area (Å²) in [6, 6.07) is 6.73. The number of rotatable bonds is 3. The summed E-state index contributed by atoms with van der Waals surface area (Å²) in [6.45, 7) is 6.46. The Bertz CT molecular complexity index is 549. The van der Waals surface area contributed by atoms with E-state index in [1.165, 1.54) is 0 Å². The molecule has 1 aliphatic rings. The summed E-state index contributed by atoms with van der Waals surface area (Å²) < 4.78 is 0. The number of para-hydroxylation sites is 2. The van der Waals surface area contributed by atoms with Gasteiger partial charge in [0.15, 0.2) is 0 Å². The molecule has 2 amide bonds. The van der Waals surface area contributed by atoms with Crippen LogP contribution in [0.25, 0.3) is 0 Å². The van der Waals surface area contributed by atoms with Crippen LogP contribution in [-0.4, -0.2) is 24.4 Å². The molecule has 0 spiro atoms. The molecule has 0 aromatic heterocycles. The number of nitrogens with zero attached hydrogens (tertiary/aromatic N) is 1. The van der Waals surface area contributed by atoms with E-state index in [4.69, 9.17) is 5.73 Å². The number of benzene rings is 1. The van der Waals surface area contributed by atoms with E-state index in [0.717, 1.165) is 12.1 Å². The first-order chi connectivity index (χ1) is 9.80. The number of nitrogens with two attached hydrogens (primary N) is 1. The van der Waals surface area contributed by atoms with Gasteiger partial charge in [-0.15, -0.1) is 0 Å². The maximum absolute atomic E-state index is 12.3. The van der Waals surface area contributed by atoms with Crippen LogP contribution in [-0.2, 0) is 9.59 Å². The van der Waals surface area contributed by atoms with Gasteiger partial charge in [0.2, 0.25) is 11.8 Å². The number of nitrogens with one attached hydrogen (secondary N) is 1. The van der Waals surface area contributed by atoms with Crippen LogP contribution in [0.1, 0.15) is 33.6 Å². The highest BCUT2D eigenvalue weighted by Gasteiger charge is 2.29. The molecular weight excluding hydrogens is 266 g/mol. The van der Waals surface area contributed by atoms with Crippen molar-refractivity contribution in [1.29, 1.82) is 0 Å². The Labute approximate surface area is 125 Å². The molecule has 0 bridgehead atoms. The van der Waals surface area contributed by atoms with Crippen LogP contribution in [0.5, 0.6) is 0 Å². The van der Waals surface area contributed by atoms with Crippen molar-refractivity contribution in [3.05, 3.63) is 24.3 Å². The molecule has 1 heterocycles. The third-order valence-corrected chi connectivity index (χ3v) is 3.74. The third kappa shape index (κ3) is 3.42. The molecule has 3 N–H and O–H groups in total. The Morgan fingerprint density at radius 2 is 2.00 bits per heavy atom. The van der Waals surface area contributed by atoms with Crippen molar-refractivity contribution < 1.29 is 9.59 Å². The van der Waals surface area contributed by atoms with Crippen LogP contribution in [0, 0.1) is 5.41 Å². The van der Waals surface area contributed by atoms with E-state index in [1.54, 1.807) is 11.0 Å². The first-order valence-corrected chi connectivity index (χ1v) is 7.26. The van der Waals surface area contributed by atoms with Crippen LogP contribution in [0.4, 0.5) is 11.4 Å². The second-order valence-electron chi connectivity index (χ2n) is 6.50. The Balaban J connectivity index is 2.21. The molecule has 1 aliphatic heterocycles. The van der Waals surface area contributed by atoms with Crippen LogP contribution in [0.15, 0.2) is 24.3 Å². The third-order valence-electron chi connectivity index (χ3n) is 3.74. The second-order valence-corrected chi connectivity index (χ2v) is 6.50. The van der Waals surface area contributed by atoms with Crippen molar-refractivity contribution in [2.45, 2.75) is 39.7 Å². The van der Waals surface area contributed by atoms with Crippen molar-refractivity contribution in [3.8, 4) is 0 Å². The average Bonchev–Trinajstić information content (AvgIpc) is 2.83. The number of amides is 2. The SMILES string of the molecule is CC(C)(C)[C@H](N)C(=O)Nc1ccccc1N1CCCC1=O. The molecule has 1 fully saturated rings. The molecule has 0 radical (unpaired) electrons. The van der Waals surface area contributed by atoms with Crippen molar-refractivity contribution in [2.75, 3.05) is 16.8 Å². The number of carbonyl (C=O) groups is 2. The fraction of sp³-hybridized carbons (Fsp3) is 0.500. The predicted molar refractivity (Wildman–Crippen MR) is 84.1 cm³/mol. The smallest absolute Gasteiger partial charge is 0.241 e. The van der Waals surface area contributed by atoms with E-state index in [2.05, 4.69) is 5.32 Å². The number of hydrogen-bond donors (Lipinski definition) is 2. The van der Waals surface area contributed by atoms with Gasteiger partial charge in [0.05, 0.1) is 17.4 Å². The van der Waals surface area contributed by atoms with Crippen molar-refractivity contribution in [2.24, 2.45) is 11.1 Å². The van der Waals surface area contributed by atoms with Gasteiger partial charge >= 0.3 is 0 Å². The second kappa shape index (κ2) is 5.85. The average molecular weight is 289 g/mol. The highest BCUT2D eigenvalue weighted by Crippen LogP contribution is 2.30. The summed E-state index contributed by atoms with van der Waals surface area (Å²) in [6.07, 6.45) is 1.41. The zero-order valence-corrected chi connectivity index (χ0v) is 12.8. The lowest BCUT2D eigenvalue weighted by molar-refractivity contribution is -0.119. The minimum atomic E-state index is -0.611. The van der Waals surface area contributed by atoms with E-state index >= 15 is 0 Å². The lowest BCUT2D eigenvalue weighted by Gasteiger charge is -2.27. The summed E-state index contributed by atoms with van der Waals surface area (Å²) in [4.78, 5) is 25.9. The fourth-order valence-electron chi connectivity index (χ4n) is 2.32. The van der Waals surface area contributed by atoms with Crippen LogP contribution < -0.4 is 16.0 Å². The molecule has 1 saturated heterocycles. The van der Waals surface area contributed by atoms with Crippen LogP contribution in [0.3, 0.4) is 0 Å². The molecule has 2 rings (SSSR count). The Hall–Kier alpha value is -1.88. The number of anilines is 2. The molecule has 0 saturated carbocycles. The largest absolute Gasteiger partial charge is 0.323 e. The van der Waals surface area contributed by atoms with E-state index in [1.807, 2.05) is 39.0 Å². The standard InChI is InChI=1S/C16H23N3O2/c1-16(2,3)14(17)15(21)18-11-7-4-5-8-12(11)19-10-6-9-13(19)20/h4-5,7-8,14H,6,9-10,17H2,1-3H3,(H,18,21)/t14-/m1/s1. The highest BCUT2D eigenvalue weighted by atomic mass is 16.2. The monoisotopic (exact) mass is 289 g/mol. The van der Waals surface area contributed by atoms with Crippen LogP contribution >= 0.6 is 0 Å². The molecule has 5 heteroatoms. The lowest BCUT2D eigenvalue weighted by atomic mass is 9.87. The number of carbonyl (C=O) groups excluding carboxylic acids is 2. The zero-order chi connectivity index (χ0) is 15.6. The molecular formula is C16H23N3O2. The topological polar surface area (TPSA) is 75.4 Å². The first-order valence-electron chi connectivity index (χ1n) is 7.26. The minimum Gasteiger partial charge on any atom is -0.323 e. The maximum atomic E-state index is 12.3. The predicted octanol–water partition coefficient (Wildman–Crippen LogP) is 2.13. The van der Waals surface area contributed by atoms with Crippen molar-refractivity contribution in [1.82, 2.24) is 0 Å². The fourth-order valence-corrected chi connectivity index (χ4v) is 2.32. The molecule has 114 valence electrons.